The average Bonchev–Trinajstić information content (AvgIpc) is 3.14. The molecule has 3 rings (SSSR count). The monoisotopic (exact) mass is 334 g/mol. The Kier molecular flexibility index (Phi) is 4.18. The number of hydrogen-bond acceptors (Lipinski definition) is 5. The molecule has 2 N–H and O–H groups in total. The van der Waals surface area contributed by atoms with E-state index in [0.29, 0.717) is 11.5 Å². The molecule has 3 atom stereocenters. The van der Waals surface area contributed by atoms with Crippen LogP contribution in [-0.2, 0) is 0 Å². The van der Waals surface area contributed by atoms with Crippen LogP contribution in [0.5, 0.6) is 0 Å². The number of thiophene rings is 1. The largest absolute Gasteiger partial charge is 0.399 e. The van der Waals surface area contributed by atoms with Crippen molar-refractivity contribution < 1.29 is 0 Å². The standard InChI is InChI=1S/C19H18N4S/c1-2-12-5-6-13-14(8-12)17(16-4-3-7-24-16)19(10-21,11-22)18(23)15(13)9-20/h3-4,6-7,12,14,17H,2,5,8,23H2,1H3/t12-,14-,17-/m1/s1. The Labute approximate surface area is 146 Å². The van der Waals surface area contributed by atoms with Crippen LogP contribution >= 0.6 is 11.3 Å². The summed E-state index contributed by atoms with van der Waals surface area (Å²) >= 11 is 1.55. The molecule has 0 spiro atoms. The summed E-state index contributed by atoms with van der Waals surface area (Å²) in [6.45, 7) is 2.16. The fourth-order valence-electron chi connectivity index (χ4n) is 4.07. The summed E-state index contributed by atoms with van der Waals surface area (Å²) in [7, 11) is 0. The number of allylic oxidation sites excluding steroid dienone is 4. The summed E-state index contributed by atoms with van der Waals surface area (Å²) in [6, 6.07) is 10.4. The highest BCUT2D eigenvalue weighted by molar-refractivity contribution is 7.10. The molecule has 0 aromatic carbocycles. The van der Waals surface area contributed by atoms with Gasteiger partial charge in [-0.1, -0.05) is 25.5 Å². The highest BCUT2D eigenvalue weighted by Crippen LogP contribution is 2.57. The van der Waals surface area contributed by atoms with E-state index in [0.717, 1.165) is 29.7 Å². The molecule has 0 fully saturated rings. The maximum atomic E-state index is 9.90. The van der Waals surface area contributed by atoms with Crippen molar-refractivity contribution in [3.63, 3.8) is 0 Å². The SMILES string of the molecule is CC[C@@H]1CC=C2C(C#N)=C(N)C(C#N)(C#N)[C@@H](c3cccs3)[C@@H]2C1. The van der Waals surface area contributed by atoms with Gasteiger partial charge in [0.1, 0.15) is 6.07 Å². The molecule has 4 nitrogen and oxygen atoms in total. The predicted octanol–water partition coefficient (Wildman–Crippen LogP) is 3.98. The predicted molar refractivity (Wildman–Crippen MR) is 92.1 cm³/mol. The second-order valence-electron chi connectivity index (χ2n) is 6.44. The molecule has 0 amide bonds. The Morgan fingerprint density at radius 3 is 2.62 bits per heavy atom. The van der Waals surface area contributed by atoms with E-state index in [9.17, 15) is 15.8 Å². The molecule has 2 aliphatic carbocycles. The van der Waals surface area contributed by atoms with Crippen LogP contribution in [0.1, 0.15) is 37.0 Å². The summed E-state index contributed by atoms with van der Waals surface area (Å²) in [5.41, 5.74) is 6.14. The fourth-order valence-corrected chi connectivity index (χ4v) is 5.03. The molecule has 0 saturated carbocycles. The van der Waals surface area contributed by atoms with Crippen molar-refractivity contribution in [2.24, 2.45) is 23.0 Å². The van der Waals surface area contributed by atoms with Crippen LogP contribution in [0, 0.1) is 51.2 Å². The Balaban J connectivity index is 2.29. The Hall–Kier alpha value is -2.55. The van der Waals surface area contributed by atoms with Gasteiger partial charge < -0.3 is 5.73 Å². The first-order valence-electron chi connectivity index (χ1n) is 8.09. The molecule has 5 heteroatoms. The third-order valence-electron chi connectivity index (χ3n) is 5.40. The Morgan fingerprint density at radius 2 is 2.08 bits per heavy atom. The van der Waals surface area contributed by atoms with E-state index in [2.05, 4.69) is 31.2 Å². The van der Waals surface area contributed by atoms with Crippen molar-refractivity contribution in [3.05, 3.63) is 45.3 Å². The fraction of sp³-hybridized carbons (Fsp3) is 0.421. The van der Waals surface area contributed by atoms with Crippen LogP contribution in [0.4, 0.5) is 0 Å². The van der Waals surface area contributed by atoms with Crippen molar-refractivity contribution in [2.45, 2.75) is 32.1 Å². The summed E-state index contributed by atoms with van der Waals surface area (Å²) in [5, 5.41) is 31.4. The van der Waals surface area contributed by atoms with E-state index < -0.39 is 5.41 Å². The first-order valence-corrected chi connectivity index (χ1v) is 8.97. The van der Waals surface area contributed by atoms with Crippen LogP contribution in [0.25, 0.3) is 0 Å². The molecule has 2 aliphatic rings. The zero-order chi connectivity index (χ0) is 17.3. The molecular weight excluding hydrogens is 316 g/mol. The molecule has 0 bridgehead atoms. The van der Waals surface area contributed by atoms with Crippen LogP contribution in [0.2, 0.25) is 0 Å². The zero-order valence-corrected chi connectivity index (χ0v) is 14.3. The lowest BCUT2D eigenvalue weighted by molar-refractivity contribution is 0.274. The van der Waals surface area contributed by atoms with E-state index in [1.165, 1.54) is 0 Å². The highest BCUT2D eigenvalue weighted by atomic mass is 32.1. The normalized spacial score (nSPS) is 28.1. The van der Waals surface area contributed by atoms with Gasteiger partial charge in [0.2, 0.25) is 0 Å². The molecule has 0 saturated heterocycles. The van der Waals surface area contributed by atoms with Gasteiger partial charge in [-0.15, -0.1) is 11.3 Å². The minimum Gasteiger partial charge on any atom is -0.399 e. The smallest absolute Gasteiger partial charge is 0.192 e. The number of nitrogens with zero attached hydrogens (tertiary/aromatic N) is 3. The van der Waals surface area contributed by atoms with E-state index >= 15 is 0 Å². The number of rotatable bonds is 2. The maximum Gasteiger partial charge on any atom is 0.192 e. The number of nitrogens with two attached hydrogens (primary N) is 1. The van der Waals surface area contributed by atoms with Gasteiger partial charge in [0.15, 0.2) is 5.41 Å². The van der Waals surface area contributed by atoms with Crippen LogP contribution in [-0.4, -0.2) is 0 Å². The van der Waals surface area contributed by atoms with E-state index in [4.69, 9.17) is 5.73 Å². The van der Waals surface area contributed by atoms with Crippen molar-refractivity contribution in [3.8, 4) is 18.2 Å². The Morgan fingerprint density at radius 1 is 1.33 bits per heavy atom. The summed E-state index contributed by atoms with van der Waals surface area (Å²) in [4.78, 5) is 0.991. The van der Waals surface area contributed by atoms with Gasteiger partial charge in [0, 0.05) is 10.8 Å². The summed E-state index contributed by atoms with van der Waals surface area (Å²) in [6.07, 6.45) is 4.95. The quantitative estimate of drug-likeness (QED) is 0.884. The van der Waals surface area contributed by atoms with Gasteiger partial charge in [0.25, 0.3) is 0 Å². The average molecular weight is 334 g/mol. The van der Waals surface area contributed by atoms with Crippen molar-refractivity contribution in [1.29, 1.82) is 15.8 Å². The van der Waals surface area contributed by atoms with E-state index in [1.807, 2.05) is 17.5 Å². The van der Waals surface area contributed by atoms with Gasteiger partial charge in [-0.05, 0) is 41.7 Å². The molecule has 1 aromatic heterocycles. The lowest BCUT2D eigenvalue weighted by atomic mass is 9.57. The Bertz CT molecular complexity index is 812. The van der Waals surface area contributed by atoms with Gasteiger partial charge >= 0.3 is 0 Å². The van der Waals surface area contributed by atoms with Crippen LogP contribution in [0.15, 0.2) is 40.4 Å². The topological polar surface area (TPSA) is 97.4 Å². The van der Waals surface area contributed by atoms with E-state index in [1.54, 1.807) is 11.3 Å². The molecule has 0 radical (unpaired) electrons. The molecular formula is C19H18N4S. The second kappa shape index (κ2) is 6.16. The minimum absolute atomic E-state index is 0.0106. The number of fused-ring (bicyclic) bond motifs is 1. The maximum absolute atomic E-state index is 9.90. The minimum atomic E-state index is -1.48. The molecule has 0 aliphatic heterocycles. The lowest BCUT2D eigenvalue weighted by Gasteiger charge is -2.44. The number of hydrogen-bond donors (Lipinski definition) is 1. The van der Waals surface area contributed by atoms with Gasteiger partial charge in [0.05, 0.1) is 23.4 Å². The van der Waals surface area contributed by atoms with Crippen molar-refractivity contribution >= 4 is 11.3 Å². The van der Waals surface area contributed by atoms with Gasteiger partial charge in [-0.2, -0.15) is 15.8 Å². The zero-order valence-electron chi connectivity index (χ0n) is 13.5. The van der Waals surface area contributed by atoms with Gasteiger partial charge in [-0.25, -0.2) is 0 Å². The van der Waals surface area contributed by atoms with E-state index in [-0.39, 0.29) is 17.5 Å². The lowest BCUT2D eigenvalue weighted by Crippen LogP contribution is -2.43. The molecule has 120 valence electrons. The number of nitriles is 3. The van der Waals surface area contributed by atoms with Crippen molar-refractivity contribution in [1.82, 2.24) is 0 Å². The van der Waals surface area contributed by atoms with Crippen LogP contribution in [0.3, 0.4) is 0 Å². The van der Waals surface area contributed by atoms with Gasteiger partial charge in [-0.3, -0.25) is 0 Å². The summed E-state index contributed by atoms with van der Waals surface area (Å²) in [5.74, 6) is 0.185. The third-order valence-corrected chi connectivity index (χ3v) is 6.36. The van der Waals surface area contributed by atoms with Crippen molar-refractivity contribution in [2.75, 3.05) is 0 Å². The first kappa shape index (κ1) is 16.3. The molecule has 1 aromatic rings. The molecule has 0 unspecified atom stereocenters. The first-order chi connectivity index (χ1) is 11.6. The van der Waals surface area contributed by atoms with Crippen LogP contribution < -0.4 is 5.73 Å². The summed E-state index contributed by atoms with van der Waals surface area (Å²) < 4.78 is 0. The molecule has 1 heterocycles. The second-order valence-corrected chi connectivity index (χ2v) is 7.42. The highest BCUT2D eigenvalue weighted by Gasteiger charge is 2.54. The molecule has 24 heavy (non-hydrogen) atoms. The third kappa shape index (κ3) is 2.15.